The second kappa shape index (κ2) is 6.88. The van der Waals surface area contributed by atoms with Gasteiger partial charge in [-0.3, -0.25) is 0 Å². The van der Waals surface area contributed by atoms with Gasteiger partial charge in [-0.25, -0.2) is 0 Å². The van der Waals surface area contributed by atoms with E-state index >= 15 is 0 Å². The average Bonchev–Trinajstić information content (AvgIpc) is 2.80. The van der Waals surface area contributed by atoms with Crippen LogP contribution in [0.1, 0.15) is 18.4 Å². The molecule has 0 atom stereocenters. The van der Waals surface area contributed by atoms with Gasteiger partial charge in [0.05, 0.1) is 0 Å². The SMILES string of the molecule is CN(CCCCN)CCc1csc2ccccc12. The lowest BCUT2D eigenvalue weighted by Gasteiger charge is -2.15. The number of benzene rings is 1. The van der Waals surface area contributed by atoms with Crippen LogP contribution in [0, 0.1) is 0 Å². The van der Waals surface area contributed by atoms with Gasteiger partial charge in [-0.05, 0) is 61.8 Å². The molecule has 0 unspecified atom stereocenters. The van der Waals surface area contributed by atoms with E-state index in [-0.39, 0.29) is 0 Å². The van der Waals surface area contributed by atoms with Crippen LogP contribution in [-0.2, 0) is 6.42 Å². The highest BCUT2D eigenvalue weighted by Gasteiger charge is 2.04. The number of nitrogens with zero attached hydrogens (tertiary/aromatic N) is 1. The minimum atomic E-state index is 0.809. The van der Waals surface area contributed by atoms with E-state index in [4.69, 9.17) is 5.73 Å². The van der Waals surface area contributed by atoms with E-state index in [1.165, 1.54) is 22.1 Å². The Labute approximate surface area is 113 Å². The van der Waals surface area contributed by atoms with Crippen molar-refractivity contribution >= 4 is 21.4 Å². The molecule has 3 heteroatoms. The van der Waals surface area contributed by atoms with Crippen LogP contribution in [0.15, 0.2) is 29.6 Å². The Hall–Kier alpha value is -0.900. The summed E-state index contributed by atoms with van der Waals surface area (Å²) in [4.78, 5) is 2.40. The summed E-state index contributed by atoms with van der Waals surface area (Å²) in [5, 5.41) is 3.73. The van der Waals surface area contributed by atoms with Gasteiger partial charge in [0, 0.05) is 11.2 Å². The lowest BCUT2D eigenvalue weighted by molar-refractivity contribution is 0.331. The summed E-state index contributed by atoms with van der Waals surface area (Å²) in [6, 6.07) is 8.68. The Kier molecular flexibility index (Phi) is 5.17. The maximum absolute atomic E-state index is 5.51. The molecular formula is C15H22N2S. The topological polar surface area (TPSA) is 29.3 Å². The maximum atomic E-state index is 5.51. The van der Waals surface area contributed by atoms with E-state index in [2.05, 4.69) is 41.6 Å². The molecule has 0 radical (unpaired) electrons. The van der Waals surface area contributed by atoms with Crippen molar-refractivity contribution in [2.75, 3.05) is 26.7 Å². The summed E-state index contributed by atoms with van der Waals surface area (Å²) in [6.07, 6.45) is 3.48. The molecule has 0 spiro atoms. The molecule has 0 amide bonds. The van der Waals surface area contributed by atoms with Gasteiger partial charge in [0.25, 0.3) is 0 Å². The van der Waals surface area contributed by atoms with Crippen molar-refractivity contribution in [3.63, 3.8) is 0 Å². The van der Waals surface area contributed by atoms with Crippen LogP contribution < -0.4 is 5.73 Å². The Morgan fingerprint density at radius 1 is 1.17 bits per heavy atom. The standard InChI is InChI=1S/C15H22N2S/c1-17(10-5-4-9-16)11-8-13-12-18-15-7-3-2-6-14(13)15/h2-3,6-7,12H,4-5,8-11,16H2,1H3. The predicted molar refractivity (Wildman–Crippen MR) is 81.3 cm³/mol. The lowest BCUT2D eigenvalue weighted by Crippen LogP contribution is -2.22. The molecule has 0 bridgehead atoms. The van der Waals surface area contributed by atoms with E-state index in [0.29, 0.717) is 0 Å². The lowest BCUT2D eigenvalue weighted by atomic mass is 10.1. The zero-order valence-electron chi connectivity index (χ0n) is 11.1. The molecule has 1 heterocycles. The van der Waals surface area contributed by atoms with Crippen molar-refractivity contribution in [2.24, 2.45) is 5.73 Å². The molecule has 0 fully saturated rings. The highest BCUT2D eigenvalue weighted by atomic mass is 32.1. The van der Waals surface area contributed by atoms with Crippen LogP contribution in [0.3, 0.4) is 0 Å². The number of nitrogens with two attached hydrogens (primary N) is 1. The minimum Gasteiger partial charge on any atom is -0.330 e. The predicted octanol–water partition coefficient (Wildman–Crippen LogP) is 3.11. The van der Waals surface area contributed by atoms with Crippen molar-refractivity contribution in [3.8, 4) is 0 Å². The van der Waals surface area contributed by atoms with Gasteiger partial charge >= 0.3 is 0 Å². The van der Waals surface area contributed by atoms with Gasteiger partial charge in [-0.1, -0.05) is 18.2 Å². The van der Waals surface area contributed by atoms with Gasteiger partial charge in [0.15, 0.2) is 0 Å². The fraction of sp³-hybridized carbons (Fsp3) is 0.467. The van der Waals surface area contributed by atoms with Gasteiger partial charge in [-0.15, -0.1) is 11.3 Å². The molecular weight excluding hydrogens is 240 g/mol. The number of hydrogen-bond donors (Lipinski definition) is 1. The van der Waals surface area contributed by atoms with Crippen LogP contribution in [0.2, 0.25) is 0 Å². The number of likely N-dealkylation sites (N-methyl/N-ethyl adjacent to an activating group) is 1. The van der Waals surface area contributed by atoms with E-state index in [9.17, 15) is 0 Å². The summed E-state index contributed by atoms with van der Waals surface area (Å²) in [5.41, 5.74) is 7.00. The van der Waals surface area contributed by atoms with Crippen LogP contribution in [0.25, 0.3) is 10.1 Å². The molecule has 0 aliphatic rings. The Morgan fingerprint density at radius 2 is 2.00 bits per heavy atom. The van der Waals surface area contributed by atoms with E-state index < -0.39 is 0 Å². The zero-order valence-corrected chi connectivity index (χ0v) is 11.9. The second-order valence-corrected chi connectivity index (χ2v) is 5.72. The minimum absolute atomic E-state index is 0.809. The summed E-state index contributed by atoms with van der Waals surface area (Å²) < 4.78 is 1.40. The molecule has 1 aromatic carbocycles. The average molecular weight is 262 g/mol. The summed E-state index contributed by atoms with van der Waals surface area (Å²) in [5.74, 6) is 0. The number of unbranched alkanes of at least 4 members (excludes halogenated alkanes) is 1. The van der Waals surface area contributed by atoms with Crippen molar-refractivity contribution in [1.29, 1.82) is 0 Å². The first-order valence-electron chi connectivity index (χ1n) is 6.65. The Morgan fingerprint density at radius 3 is 2.83 bits per heavy atom. The number of hydrogen-bond acceptors (Lipinski definition) is 3. The summed E-state index contributed by atoms with van der Waals surface area (Å²) in [6.45, 7) is 3.09. The third-order valence-corrected chi connectivity index (χ3v) is 4.33. The molecule has 2 N–H and O–H groups in total. The number of rotatable bonds is 7. The molecule has 0 aliphatic heterocycles. The Bertz CT molecular complexity index is 478. The quantitative estimate of drug-likeness (QED) is 0.777. The smallest absolute Gasteiger partial charge is 0.0345 e. The first kappa shape index (κ1) is 13.5. The van der Waals surface area contributed by atoms with E-state index in [1.54, 1.807) is 0 Å². The largest absolute Gasteiger partial charge is 0.330 e. The zero-order chi connectivity index (χ0) is 12.8. The third-order valence-electron chi connectivity index (χ3n) is 3.32. The normalized spacial score (nSPS) is 11.5. The highest BCUT2D eigenvalue weighted by Crippen LogP contribution is 2.25. The van der Waals surface area contributed by atoms with Crippen molar-refractivity contribution in [3.05, 3.63) is 35.2 Å². The molecule has 98 valence electrons. The molecule has 2 aromatic rings. The Balaban J connectivity index is 1.86. The van der Waals surface area contributed by atoms with Gasteiger partial charge in [-0.2, -0.15) is 0 Å². The summed E-state index contributed by atoms with van der Waals surface area (Å²) >= 11 is 1.85. The van der Waals surface area contributed by atoms with Gasteiger partial charge in [0.2, 0.25) is 0 Å². The monoisotopic (exact) mass is 262 g/mol. The van der Waals surface area contributed by atoms with Gasteiger partial charge in [0.1, 0.15) is 0 Å². The molecule has 2 nitrogen and oxygen atoms in total. The summed E-state index contributed by atoms with van der Waals surface area (Å²) in [7, 11) is 2.20. The first-order valence-corrected chi connectivity index (χ1v) is 7.53. The number of thiophene rings is 1. The molecule has 0 aliphatic carbocycles. The third kappa shape index (κ3) is 3.55. The highest BCUT2D eigenvalue weighted by molar-refractivity contribution is 7.17. The first-order chi connectivity index (χ1) is 8.81. The molecule has 0 saturated carbocycles. The molecule has 0 saturated heterocycles. The van der Waals surface area contributed by atoms with Crippen molar-refractivity contribution in [2.45, 2.75) is 19.3 Å². The fourth-order valence-corrected chi connectivity index (χ4v) is 3.17. The van der Waals surface area contributed by atoms with Crippen LogP contribution in [0.4, 0.5) is 0 Å². The van der Waals surface area contributed by atoms with Crippen LogP contribution >= 0.6 is 11.3 Å². The second-order valence-electron chi connectivity index (χ2n) is 4.81. The number of fused-ring (bicyclic) bond motifs is 1. The van der Waals surface area contributed by atoms with Crippen molar-refractivity contribution in [1.82, 2.24) is 4.90 Å². The fourth-order valence-electron chi connectivity index (χ4n) is 2.18. The van der Waals surface area contributed by atoms with Crippen LogP contribution in [-0.4, -0.2) is 31.6 Å². The maximum Gasteiger partial charge on any atom is 0.0345 e. The molecule has 2 rings (SSSR count). The molecule has 1 aromatic heterocycles. The van der Waals surface area contributed by atoms with E-state index in [1.807, 2.05) is 11.3 Å². The van der Waals surface area contributed by atoms with Crippen molar-refractivity contribution < 1.29 is 0 Å². The van der Waals surface area contributed by atoms with Gasteiger partial charge < -0.3 is 10.6 Å². The van der Waals surface area contributed by atoms with Crippen LogP contribution in [0.5, 0.6) is 0 Å². The molecule has 18 heavy (non-hydrogen) atoms. The van der Waals surface area contributed by atoms with E-state index in [0.717, 1.165) is 32.5 Å².